The second kappa shape index (κ2) is 14.5. The molecule has 0 aliphatic heterocycles. The number of nitrogens with zero attached hydrogens (tertiary/aromatic N) is 3. The van der Waals surface area contributed by atoms with Gasteiger partial charge in [0.2, 0.25) is 17.6 Å². The molecule has 4 rings (SSSR count). The minimum atomic E-state index is -0.689. The van der Waals surface area contributed by atoms with Crippen molar-refractivity contribution >= 4 is 11.8 Å². The maximum Gasteiger partial charge on any atom is 0.242 e. The van der Waals surface area contributed by atoms with E-state index >= 15 is 0 Å². The molecular formula is C32H39N7O3. The number of aliphatic hydroxyl groups excluding tert-OH is 1. The van der Waals surface area contributed by atoms with E-state index in [1.165, 1.54) is 0 Å². The van der Waals surface area contributed by atoms with Crippen molar-refractivity contribution in [3.63, 3.8) is 0 Å². The summed E-state index contributed by atoms with van der Waals surface area (Å²) in [5, 5.41) is 33.1. The lowest BCUT2D eigenvalue weighted by Crippen LogP contribution is -2.51. The summed E-state index contributed by atoms with van der Waals surface area (Å²) in [6.45, 7) is 6.19. The van der Waals surface area contributed by atoms with Gasteiger partial charge in [0, 0.05) is 30.6 Å². The summed E-state index contributed by atoms with van der Waals surface area (Å²) in [6.07, 6.45) is 0.763. The van der Waals surface area contributed by atoms with Crippen molar-refractivity contribution in [1.29, 1.82) is 0 Å². The highest BCUT2D eigenvalue weighted by Crippen LogP contribution is 2.29. The van der Waals surface area contributed by atoms with Crippen LogP contribution in [0.15, 0.2) is 78.9 Å². The van der Waals surface area contributed by atoms with Crippen LogP contribution in [0.25, 0.3) is 22.5 Å². The number of H-pyrrole nitrogens is 1. The first kappa shape index (κ1) is 30.5. The van der Waals surface area contributed by atoms with Crippen molar-refractivity contribution < 1.29 is 14.7 Å². The Kier molecular flexibility index (Phi) is 10.5. The number of aromatic amines is 1. The van der Waals surface area contributed by atoms with Crippen LogP contribution in [-0.4, -0.2) is 61.8 Å². The lowest BCUT2D eigenvalue weighted by atomic mass is 9.98. The van der Waals surface area contributed by atoms with Crippen molar-refractivity contribution in [3.8, 4) is 22.5 Å². The Bertz CT molecular complexity index is 1420. The Hall–Kier alpha value is -4.41. The van der Waals surface area contributed by atoms with Gasteiger partial charge in [0.05, 0.1) is 6.10 Å². The fraction of sp³-hybridized carbons (Fsp3) is 0.344. The molecule has 2 amide bonds. The number of amides is 2. The summed E-state index contributed by atoms with van der Waals surface area (Å²) in [7, 11) is 0. The number of hydrogen-bond donors (Lipinski definition) is 5. The number of tetrazole rings is 1. The molecule has 0 radical (unpaired) electrons. The number of aryl methyl sites for hydroxylation is 1. The monoisotopic (exact) mass is 569 g/mol. The van der Waals surface area contributed by atoms with Crippen LogP contribution in [0.1, 0.15) is 44.7 Å². The molecule has 0 spiro atoms. The highest BCUT2D eigenvalue weighted by molar-refractivity contribution is 5.88. The third-order valence-corrected chi connectivity index (χ3v) is 6.94. The Labute approximate surface area is 246 Å². The summed E-state index contributed by atoms with van der Waals surface area (Å²) < 4.78 is 0. The average molecular weight is 570 g/mol. The molecule has 1 aromatic heterocycles. The maximum absolute atomic E-state index is 13.3. The summed E-state index contributed by atoms with van der Waals surface area (Å²) in [5.74, 6) is 0.0594. The molecule has 42 heavy (non-hydrogen) atoms. The van der Waals surface area contributed by atoms with Crippen LogP contribution in [0.2, 0.25) is 0 Å². The van der Waals surface area contributed by atoms with Gasteiger partial charge in [-0.3, -0.25) is 9.59 Å². The molecule has 10 heteroatoms. The summed E-state index contributed by atoms with van der Waals surface area (Å²) in [6, 6.07) is 25.0. The van der Waals surface area contributed by atoms with Gasteiger partial charge in [0.1, 0.15) is 6.04 Å². The van der Waals surface area contributed by atoms with Gasteiger partial charge in [0.15, 0.2) is 0 Å². The van der Waals surface area contributed by atoms with E-state index in [1.54, 1.807) is 6.92 Å². The number of hydrogen-bond acceptors (Lipinski definition) is 7. The Morgan fingerprint density at radius 3 is 2.29 bits per heavy atom. The van der Waals surface area contributed by atoms with E-state index < -0.39 is 17.7 Å². The first-order valence-electron chi connectivity index (χ1n) is 14.2. The van der Waals surface area contributed by atoms with Crippen LogP contribution in [0.3, 0.4) is 0 Å². The normalized spacial score (nSPS) is 12.9. The molecule has 0 saturated heterocycles. The SMILES string of the molecule is CC(O)CNC(C)(C)CC(=O)NC(CCc1ccccc1)C(=O)NCc1ccc(-c2ccccc2-c2nn[nH]n2)cc1. The van der Waals surface area contributed by atoms with Crippen LogP contribution in [0, 0.1) is 0 Å². The quantitative estimate of drug-likeness (QED) is 0.157. The molecular weight excluding hydrogens is 530 g/mol. The molecule has 4 aromatic rings. The molecule has 0 bridgehead atoms. The minimum Gasteiger partial charge on any atom is -0.392 e. The van der Waals surface area contributed by atoms with Crippen LogP contribution in [0.4, 0.5) is 0 Å². The average Bonchev–Trinajstić information content (AvgIpc) is 3.53. The van der Waals surface area contributed by atoms with E-state index in [2.05, 4.69) is 36.6 Å². The number of carbonyl (C=O) groups is 2. The molecule has 220 valence electrons. The van der Waals surface area contributed by atoms with E-state index in [9.17, 15) is 14.7 Å². The van der Waals surface area contributed by atoms with E-state index in [0.717, 1.165) is 27.8 Å². The van der Waals surface area contributed by atoms with Crippen molar-refractivity contribution in [3.05, 3.63) is 90.0 Å². The Morgan fingerprint density at radius 2 is 1.62 bits per heavy atom. The molecule has 3 aromatic carbocycles. The summed E-state index contributed by atoms with van der Waals surface area (Å²) >= 11 is 0. The highest BCUT2D eigenvalue weighted by atomic mass is 16.3. The van der Waals surface area contributed by atoms with Gasteiger partial charge in [-0.1, -0.05) is 78.9 Å². The highest BCUT2D eigenvalue weighted by Gasteiger charge is 2.26. The van der Waals surface area contributed by atoms with Gasteiger partial charge in [-0.2, -0.15) is 5.21 Å². The number of nitrogens with one attached hydrogen (secondary N) is 4. The number of aliphatic hydroxyl groups is 1. The smallest absolute Gasteiger partial charge is 0.242 e. The van der Waals surface area contributed by atoms with Gasteiger partial charge in [-0.05, 0) is 61.1 Å². The van der Waals surface area contributed by atoms with Crippen molar-refractivity contribution in [1.82, 2.24) is 36.6 Å². The standard InChI is InChI=1S/C32H39N7O3/c1-22(40)20-34-32(2,3)19-29(41)35-28(18-15-23-9-5-4-6-10-23)31(42)33-21-24-13-16-25(17-14-24)26-11-7-8-12-27(26)30-36-38-39-37-30/h4-14,16-17,22,28,34,40H,15,18-21H2,1-3H3,(H,33,42)(H,35,41)(H,36,37,38,39). The zero-order valence-corrected chi connectivity index (χ0v) is 24.3. The lowest BCUT2D eigenvalue weighted by molar-refractivity contribution is -0.129. The van der Waals surface area contributed by atoms with Crippen molar-refractivity contribution in [2.45, 2.75) is 64.3 Å². The second-order valence-electron chi connectivity index (χ2n) is 11.1. The van der Waals surface area contributed by atoms with Crippen molar-refractivity contribution in [2.24, 2.45) is 0 Å². The molecule has 0 fully saturated rings. The number of rotatable bonds is 14. The molecule has 0 aliphatic rings. The summed E-state index contributed by atoms with van der Waals surface area (Å²) in [4.78, 5) is 26.3. The van der Waals surface area contributed by atoms with Crippen LogP contribution >= 0.6 is 0 Å². The Balaban J connectivity index is 1.40. The Morgan fingerprint density at radius 1 is 0.929 bits per heavy atom. The number of β-amino-alcohol motifs (C(OH)–C–C–N with tert-alkyl or cyclic N) is 1. The molecule has 0 aliphatic carbocycles. The predicted octanol–water partition coefficient (Wildman–Crippen LogP) is 3.41. The molecule has 2 atom stereocenters. The van der Waals surface area contributed by atoms with Gasteiger partial charge in [-0.15, -0.1) is 10.2 Å². The number of aromatic nitrogens is 4. The number of benzene rings is 3. The molecule has 10 nitrogen and oxygen atoms in total. The second-order valence-corrected chi connectivity index (χ2v) is 11.1. The van der Waals surface area contributed by atoms with Crippen LogP contribution < -0.4 is 16.0 Å². The van der Waals surface area contributed by atoms with Gasteiger partial charge >= 0.3 is 0 Å². The predicted molar refractivity (Wildman–Crippen MR) is 162 cm³/mol. The first-order chi connectivity index (χ1) is 20.2. The van der Waals surface area contributed by atoms with E-state index in [4.69, 9.17) is 0 Å². The lowest BCUT2D eigenvalue weighted by Gasteiger charge is -2.28. The third-order valence-electron chi connectivity index (χ3n) is 6.94. The van der Waals surface area contributed by atoms with E-state index in [1.807, 2.05) is 92.7 Å². The molecule has 5 N–H and O–H groups in total. The fourth-order valence-corrected chi connectivity index (χ4v) is 4.68. The largest absolute Gasteiger partial charge is 0.392 e. The first-order valence-corrected chi connectivity index (χ1v) is 14.2. The van der Waals surface area contributed by atoms with Crippen molar-refractivity contribution in [2.75, 3.05) is 6.54 Å². The van der Waals surface area contributed by atoms with E-state index in [0.29, 0.717) is 31.8 Å². The zero-order valence-electron chi connectivity index (χ0n) is 24.3. The maximum atomic E-state index is 13.3. The topological polar surface area (TPSA) is 145 Å². The zero-order chi connectivity index (χ0) is 30.0. The van der Waals surface area contributed by atoms with Crippen LogP contribution in [0.5, 0.6) is 0 Å². The molecule has 2 unspecified atom stereocenters. The van der Waals surface area contributed by atoms with Crippen LogP contribution in [-0.2, 0) is 22.6 Å². The van der Waals surface area contributed by atoms with E-state index in [-0.39, 0.29) is 18.2 Å². The van der Waals surface area contributed by atoms with Gasteiger partial charge < -0.3 is 21.1 Å². The summed E-state index contributed by atoms with van der Waals surface area (Å²) in [5.41, 5.74) is 4.33. The van der Waals surface area contributed by atoms with Gasteiger partial charge in [0.25, 0.3) is 0 Å². The number of carbonyl (C=O) groups excluding carboxylic acids is 2. The molecule has 1 heterocycles. The minimum absolute atomic E-state index is 0.168. The molecule has 0 saturated carbocycles. The van der Waals surface area contributed by atoms with Gasteiger partial charge in [-0.25, -0.2) is 0 Å². The third kappa shape index (κ3) is 9.05. The fourth-order valence-electron chi connectivity index (χ4n) is 4.68.